The minimum absolute atomic E-state index is 0.0653. The fourth-order valence-corrected chi connectivity index (χ4v) is 5.33. The zero-order valence-corrected chi connectivity index (χ0v) is 19.3. The maximum Gasteiger partial charge on any atom is 0.258 e. The first kappa shape index (κ1) is 22.1. The molecule has 1 N–H and O–H groups in total. The smallest absolute Gasteiger partial charge is 0.258 e. The van der Waals surface area contributed by atoms with Gasteiger partial charge in [0.05, 0.1) is 18.4 Å². The monoisotopic (exact) mass is 460 g/mol. The maximum absolute atomic E-state index is 13.8. The first-order chi connectivity index (χ1) is 16.6. The number of nitrogens with one attached hydrogen (secondary N) is 1. The van der Waals surface area contributed by atoms with E-state index in [9.17, 15) is 9.59 Å². The number of amides is 2. The van der Waals surface area contributed by atoms with Gasteiger partial charge in [0.25, 0.3) is 5.91 Å². The SMILES string of the molecule is COc1ccccc1C(=O)N1C(C(=O)Nc2cc(-n3cnnn3)ccc2C)CC2CCCCC21. The molecule has 2 amide bonds. The van der Waals surface area contributed by atoms with Crippen molar-refractivity contribution in [2.24, 2.45) is 5.92 Å². The van der Waals surface area contributed by atoms with E-state index in [2.05, 4.69) is 20.8 Å². The van der Waals surface area contributed by atoms with Crippen LogP contribution in [0.15, 0.2) is 48.8 Å². The Morgan fingerprint density at radius 2 is 1.94 bits per heavy atom. The number of hydrogen-bond acceptors (Lipinski definition) is 6. The van der Waals surface area contributed by atoms with Crippen LogP contribution in [0.3, 0.4) is 0 Å². The van der Waals surface area contributed by atoms with E-state index in [0.717, 1.165) is 36.9 Å². The Morgan fingerprint density at radius 3 is 2.74 bits per heavy atom. The van der Waals surface area contributed by atoms with Crippen LogP contribution in [0.2, 0.25) is 0 Å². The average molecular weight is 461 g/mol. The van der Waals surface area contributed by atoms with Crippen molar-refractivity contribution in [2.75, 3.05) is 12.4 Å². The number of para-hydroxylation sites is 1. The van der Waals surface area contributed by atoms with Crippen molar-refractivity contribution in [2.45, 2.75) is 51.1 Å². The first-order valence-corrected chi connectivity index (χ1v) is 11.7. The largest absolute Gasteiger partial charge is 0.496 e. The zero-order valence-electron chi connectivity index (χ0n) is 19.3. The minimum atomic E-state index is -0.540. The van der Waals surface area contributed by atoms with E-state index in [4.69, 9.17) is 4.74 Å². The highest BCUT2D eigenvalue weighted by Crippen LogP contribution is 2.41. The van der Waals surface area contributed by atoms with Gasteiger partial charge in [0, 0.05) is 11.7 Å². The molecular formula is C25H28N6O3. The maximum atomic E-state index is 13.8. The molecule has 0 bridgehead atoms. The summed E-state index contributed by atoms with van der Waals surface area (Å²) in [5, 5.41) is 14.4. The second-order valence-corrected chi connectivity index (χ2v) is 9.02. The van der Waals surface area contributed by atoms with Gasteiger partial charge in [-0.2, -0.15) is 0 Å². The summed E-state index contributed by atoms with van der Waals surface area (Å²) < 4.78 is 6.99. The Morgan fingerprint density at radius 1 is 1.12 bits per heavy atom. The summed E-state index contributed by atoms with van der Waals surface area (Å²) >= 11 is 0. The van der Waals surface area contributed by atoms with E-state index >= 15 is 0 Å². The van der Waals surface area contributed by atoms with Crippen LogP contribution in [0, 0.1) is 12.8 Å². The number of aryl methyl sites for hydroxylation is 1. The summed E-state index contributed by atoms with van der Waals surface area (Å²) in [4.78, 5) is 29.2. The molecule has 3 aromatic rings. The summed E-state index contributed by atoms with van der Waals surface area (Å²) in [6.45, 7) is 1.94. The molecule has 3 unspecified atom stereocenters. The number of aromatic nitrogens is 4. The quantitative estimate of drug-likeness (QED) is 0.626. The van der Waals surface area contributed by atoms with Crippen molar-refractivity contribution in [3.63, 3.8) is 0 Å². The molecule has 2 heterocycles. The molecule has 1 aromatic heterocycles. The number of anilines is 1. The van der Waals surface area contributed by atoms with E-state index in [1.54, 1.807) is 19.2 Å². The molecule has 2 aliphatic rings. The normalized spacial score (nSPS) is 21.7. The molecule has 0 spiro atoms. The molecule has 1 aliphatic heterocycles. The molecule has 1 saturated heterocycles. The van der Waals surface area contributed by atoms with Crippen LogP contribution >= 0.6 is 0 Å². The van der Waals surface area contributed by atoms with Gasteiger partial charge in [-0.3, -0.25) is 9.59 Å². The fourth-order valence-electron chi connectivity index (χ4n) is 5.33. The molecule has 5 rings (SSSR count). The predicted octanol–water partition coefficient (Wildman–Crippen LogP) is 3.39. The van der Waals surface area contributed by atoms with Crippen LogP contribution in [0.1, 0.15) is 48.0 Å². The van der Waals surface area contributed by atoms with E-state index in [1.807, 2.05) is 42.2 Å². The van der Waals surface area contributed by atoms with Gasteiger partial charge in [-0.1, -0.05) is 31.0 Å². The molecule has 176 valence electrons. The lowest BCUT2D eigenvalue weighted by atomic mass is 9.84. The topological polar surface area (TPSA) is 102 Å². The third kappa shape index (κ3) is 4.02. The summed E-state index contributed by atoms with van der Waals surface area (Å²) in [5.41, 5.74) is 2.83. The van der Waals surface area contributed by atoms with Crippen LogP contribution < -0.4 is 10.1 Å². The number of rotatable bonds is 5. The Kier molecular flexibility index (Phi) is 6.00. The van der Waals surface area contributed by atoms with Crippen molar-refractivity contribution in [1.82, 2.24) is 25.1 Å². The third-order valence-corrected chi connectivity index (χ3v) is 7.06. The van der Waals surface area contributed by atoms with Crippen LogP contribution in [0.4, 0.5) is 5.69 Å². The Labute approximate surface area is 198 Å². The van der Waals surface area contributed by atoms with Gasteiger partial charge in [0.2, 0.25) is 5.91 Å². The van der Waals surface area contributed by atoms with Crippen molar-refractivity contribution in [1.29, 1.82) is 0 Å². The number of carbonyl (C=O) groups is 2. The van der Waals surface area contributed by atoms with Gasteiger partial charge in [0.15, 0.2) is 0 Å². The fraction of sp³-hybridized carbons (Fsp3) is 0.400. The van der Waals surface area contributed by atoms with Gasteiger partial charge in [-0.25, -0.2) is 4.68 Å². The van der Waals surface area contributed by atoms with Crippen molar-refractivity contribution in [3.8, 4) is 11.4 Å². The molecular weight excluding hydrogens is 432 g/mol. The van der Waals surface area contributed by atoms with Crippen LogP contribution in [0.5, 0.6) is 5.75 Å². The molecule has 1 aliphatic carbocycles. The highest BCUT2D eigenvalue weighted by Gasteiger charge is 2.48. The second-order valence-electron chi connectivity index (χ2n) is 9.02. The molecule has 2 fully saturated rings. The van der Waals surface area contributed by atoms with E-state index < -0.39 is 6.04 Å². The number of benzene rings is 2. The van der Waals surface area contributed by atoms with Gasteiger partial charge in [0.1, 0.15) is 18.1 Å². The molecule has 1 saturated carbocycles. The molecule has 3 atom stereocenters. The van der Waals surface area contributed by atoms with E-state index in [0.29, 0.717) is 29.3 Å². The van der Waals surface area contributed by atoms with Gasteiger partial charge < -0.3 is 15.0 Å². The zero-order chi connectivity index (χ0) is 23.7. The summed E-state index contributed by atoms with van der Waals surface area (Å²) in [6.07, 6.45) is 6.34. The molecule has 2 aromatic carbocycles. The standard InChI is InChI=1S/C25H28N6O3/c1-16-11-12-18(30-15-26-28-29-30)14-20(16)27-24(32)22-13-17-7-3-5-9-21(17)31(22)25(33)19-8-4-6-10-23(19)34-2/h4,6,8,10-12,14-15,17,21-22H,3,5,7,9,13H2,1-2H3,(H,27,32). The van der Waals surface area contributed by atoms with Crippen LogP contribution in [-0.2, 0) is 4.79 Å². The minimum Gasteiger partial charge on any atom is -0.496 e. The highest BCUT2D eigenvalue weighted by atomic mass is 16.5. The lowest BCUT2D eigenvalue weighted by molar-refractivity contribution is -0.120. The summed E-state index contributed by atoms with van der Waals surface area (Å²) in [6, 6.07) is 12.4. The number of likely N-dealkylation sites (tertiary alicyclic amines) is 1. The summed E-state index contributed by atoms with van der Waals surface area (Å²) in [5.74, 6) is 0.536. The lowest BCUT2D eigenvalue weighted by Gasteiger charge is -2.34. The Hall–Kier alpha value is -3.75. The number of methoxy groups -OCH3 is 1. The molecule has 0 radical (unpaired) electrons. The molecule has 34 heavy (non-hydrogen) atoms. The van der Waals surface area contributed by atoms with Crippen molar-refractivity contribution >= 4 is 17.5 Å². The second kappa shape index (κ2) is 9.24. The first-order valence-electron chi connectivity index (χ1n) is 11.7. The number of tetrazole rings is 1. The Balaban J connectivity index is 1.45. The number of carbonyl (C=O) groups excluding carboxylic acids is 2. The van der Waals surface area contributed by atoms with E-state index in [1.165, 1.54) is 11.0 Å². The molecule has 9 heteroatoms. The van der Waals surface area contributed by atoms with Gasteiger partial charge in [-0.15, -0.1) is 5.10 Å². The predicted molar refractivity (Wildman–Crippen MR) is 126 cm³/mol. The van der Waals surface area contributed by atoms with Gasteiger partial charge in [-0.05, 0) is 72.4 Å². The third-order valence-electron chi connectivity index (χ3n) is 7.06. The Bertz CT molecular complexity index is 1200. The van der Waals surface area contributed by atoms with Crippen molar-refractivity contribution in [3.05, 3.63) is 59.9 Å². The number of ether oxygens (including phenoxy) is 1. The van der Waals surface area contributed by atoms with Crippen molar-refractivity contribution < 1.29 is 14.3 Å². The number of hydrogen-bond donors (Lipinski definition) is 1. The van der Waals surface area contributed by atoms with Gasteiger partial charge >= 0.3 is 0 Å². The number of nitrogens with zero attached hydrogens (tertiary/aromatic N) is 5. The highest BCUT2D eigenvalue weighted by molar-refractivity contribution is 6.03. The summed E-state index contributed by atoms with van der Waals surface area (Å²) in [7, 11) is 1.56. The lowest BCUT2D eigenvalue weighted by Crippen LogP contribution is -2.48. The van der Waals surface area contributed by atoms with Crippen LogP contribution in [-0.4, -0.2) is 56.1 Å². The number of fused-ring (bicyclic) bond motifs is 1. The van der Waals surface area contributed by atoms with E-state index in [-0.39, 0.29) is 17.9 Å². The molecule has 9 nitrogen and oxygen atoms in total. The average Bonchev–Trinajstić information content (AvgIpc) is 3.53. The van der Waals surface area contributed by atoms with Crippen LogP contribution in [0.25, 0.3) is 5.69 Å².